The van der Waals surface area contributed by atoms with E-state index in [9.17, 15) is 23.1 Å². The lowest BCUT2D eigenvalue weighted by molar-refractivity contribution is -0.0783. The molecule has 1 saturated heterocycles. The zero-order valence-electron chi connectivity index (χ0n) is 18.0. The molecule has 4 rings (SSSR count). The molecular weight excluding hydrogens is 451 g/mol. The van der Waals surface area contributed by atoms with Gasteiger partial charge in [-0.25, -0.2) is 13.2 Å². The quantitative estimate of drug-likeness (QED) is 0.427. The van der Waals surface area contributed by atoms with Crippen molar-refractivity contribution < 1.29 is 23.1 Å². The number of hydrogen-bond donors (Lipinski definition) is 3. The highest BCUT2D eigenvalue weighted by Gasteiger charge is 2.44. The number of benzene rings is 2. The number of β-amino-alcohol motifs (C(OH)–C–C–N with tert-alkyl or cyclic N) is 1. The standard InChI is InChI=1S/C24H24F3N3O2S/c1-15-4-7-20(19(26)11-15)29-22-17(5-6-18(25)21(22)27)23(31)30-13-24(32,14-30)12-28-9-8-16-3-2-10-33-16/h2-7,10-11,28-29,32H,8-9,12-14H2,1H3. The summed E-state index contributed by atoms with van der Waals surface area (Å²) in [6.07, 6.45) is 0.843. The Morgan fingerprint density at radius 2 is 1.94 bits per heavy atom. The summed E-state index contributed by atoms with van der Waals surface area (Å²) in [6.45, 7) is 2.80. The van der Waals surface area contributed by atoms with E-state index in [4.69, 9.17) is 0 Å². The summed E-state index contributed by atoms with van der Waals surface area (Å²) >= 11 is 1.67. The molecular formula is C24H24F3N3O2S. The number of anilines is 2. The normalized spacial score (nSPS) is 14.8. The predicted octanol–water partition coefficient (Wildman–Crippen LogP) is 4.24. The third kappa shape index (κ3) is 5.21. The summed E-state index contributed by atoms with van der Waals surface area (Å²) < 4.78 is 42.8. The highest BCUT2D eigenvalue weighted by atomic mass is 32.1. The molecule has 0 bridgehead atoms. The molecule has 3 N–H and O–H groups in total. The summed E-state index contributed by atoms with van der Waals surface area (Å²) in [4.78, 5) is 15.6. The van der Waals surface area contributed by atoms with Gasteiger partial charge in [-0.15, -0.1) is 11.3 Å². The fourth-order valence-electron chi connectivity index (χ4n) is 3.78. The zero-order chi connectivity index (χ0) is 23.6. The Morgan fingerprint density at radius 1 is 1.15 bits per heavy atom. The topological polar surface area (TPSA) is 64.6 Å². The molecule has 33 heavy (non-hydrogen) atoms. The molecule has 2 aromatic carbocycles. The highest BCUT2D eigenvalue weighted by Crippen LogP contribution is 2.31. The molecule has 1 aliphatic heterocycles. The molecule has 0 atom stereocenters. The minimum Gasteiger partial charge on any atom is -0.385 e. The number of carbonyl (C=O) groups is 1. The Morgan fingerprint density at radius 3 is 2.64 bits per heavy atom. The first-order valence-corrected chi connectivity index (χ1v) is 11.4. The van der Waals surface area contributed by atoms with Gasteiger partial charge in [-0.05, 0) is 54.6 Å². The summed E-state index contributed by atoms with van der Waals surface area (Å²) in [5, 5.41) is 18.4. The maximum absolute atomic E-state index is 14.6. The Bertz CT molecular complexity index is 1150. The van der Waals surface area contributed by atoms with E-state index >= 15 is 0 Å². The lowest BCUT2D eigenvalue weighted by Crippen LogP contribution is -2.67. The molecule has 2 heterocycles. The van der Waals surface area contributed by atoms with Crippen LogP contribution in [0, 0.1) is 24.4 Å². The van der Waals surface area contributed by atoms with Crippen LogP contribution in [0.3, 0.4) is 0 Å². The number of nitrogens with zero attached hydrogens (tertiary/aromatic N) is 1. The Hall–Kier alpha value is -2.88. The lowest BCUT2D eigenvalue weighted by Gasteiger charge is -2.46. The number of aliphatic hydroxyl groups is 1. The maximum atomic E-state index is 14.6. The van der Waals surface area contributed by atoms with E-state index in [-0.39, 0.29) is 24.3 Å². The highest BCUT2D eigenvalue weighted by molar-refractivity contribution is 7.09. The van der Waals surface area contributed by atoms with Crippen LogP contribution >= 0.6 is 11.3 Å². The van der Waals surface area contributed by atoms with Crippen LogP contribution in [0.5, 0.6) is 0 Å². The van der Waals surface area contributed by atoms with Crippen LogP contribution < -0.4 is 10.6 Å². The largest absolute Gasteiger partial charge is 0.385 e. The molecule has 0 spiro atoms. The van der Waals surface area contributed by atoms with Crippen LogP contribution in [0.2, 0.25) is 0 Å². The molecule has 1 amide bonds. The fraction of sp³-hybridized carbons (Fsp3) is 0.292. The summed E-state index contributed by atoms with van der Waals surface area (Å²) in [5.41, 5.74) is -1.08. The van der Waals surface area contributed by atoms with E-state index in [2.05, 4.69) is 10.6 Å². The summed E-state index contributed by atoms with van der Waals surface area (Å²) in [7, 11) is 0. The number of aryl methyl sites for hydroxylation is 1. The van der Waals surface area contributed by atoms with Crippen molar-refractivity contribution >= 4 is 28.6 Å². The second-order valence-corrected chi connectivity index (χ2v) is 9.32. The van der Waals surface area contributed by atoms with Gasteiger partial charge < -0.3 is 20.6 Å². The van der Waals surface area contributed by atoms with Crippen molar-refractivity contribution in [2.24, 2.45) is 0 Å². The van der Waals surface area contributed by atoms with Crippen molar-refractivity contribution in [3.05, 3.63) is 81.3 Å². The maximum Gasteiger partial charge on any atom is 0.256 e. The predicted molar refractivity (Wildman–Crippen MR) is 123 cm³/mol. The van der Waals surface area contributed by atoms with E-state index < -0.39 is 34.6 Å². The van der Waals surface area contributed by atoms with E-state index in [1.807, 2.05) is 17.5 Å². The van der Waals surface area contributed by atoms with Gasteiger partial charge >= 0.3 is 0 Å². The van der Waals surface area contributed by atoms with Gasteiger partial charge in [0, 0.05) is 18.0 Å². The number of hydrogen-bond acceptors (Lipinski definition) is 5. The first-order valence-electron chi connectivity index (χ1n) is 10.5. The van der Waals surface area contributed by atoms with Crippen LogP contribution in [0.15, 0.2) is 47.8 Å². The second-order valence-electron chi connectivity index (χ2n) is 8.28. The summed E-state index contributed by atoms with van der Waals surface area (Å²) in [5.74, 6) is -3.65. The molecule has 3 aromatic rings. The Balaban J connectivity index is 1.41. The first-order chi connectivity index (χ1) is 15.8. The molecule has 0 unspecified atom stereocenters. The smallest absolute Gasteiger partial charge is 0.256 e. The van der Waals surface area contributed by atoms with Crippen molar-refractivity contribution in [2.75, 3.05) is 31.5 Å². The number of amides is 1. The van der Waals surface area contributed by atoms with Gasteiger partial charge in [-0.3, -0.25) is 4.79 Å². The third-order valence-corrected chi connectivity index (χ3v) is 6.49. The summed E-state index contributed by atoms with van der Waals surface area (Å²) in [6, 6.07) is 10.3. The van der Waals surface area contributed by atoms with Crippen molar-refractivity contribution in [3.8, 4) is 0 Å². The van der Waals surface area contributed by atoms with E-state index in [0.29, 0.717) is 18.7 Å². The number of thiophene rings is 1. The van der Waals surface area contributed by atoms with Crippen LogP contribution in [-0.2, 0) is 6.42 Å². The van der Waals surface area contributed by atoms with Gasteiger partial charge in [-0.2, -0.15) is 0 Å². The van der Waals surface area contributed by atoms with Crippen molar-refractivity contribution in [1.29, 1.82) is 0 Å². The van der Waals surface area contributed by atoms with Gasteiger partial charge in [0.15, 0.2) is 11.6 Å². The fourth-order valence-corrected chi connectivity index (χ4v) is 4.49. The van der Waals surface area contributed by atoms with Crippen LogP contribution in [-0.4, -0.2) is 47.7 Å². The molecule has 0 saturated carbocycles. The molecule has 0 aliphatic carbocycles. The lowest BCUT2D eigenvalue weighted by atomic mass is 9.92. The Labute approximate surface area is 193 Å². The van der Waals surface area contributed by atoms with E-state index in [0.717, 1.165) is 18.6 Å². The van der Waals surface area contributed by atoms with Crippen molar-refractivity contribution in [2.45, 2.75) is 18.9 Å². The first kappa shape index (κ1) is 23.3. The number of rotatable bonds is 8. The van der Waals surface area contributed by atoms with E-state index in [1.165, 1.54) is 21.9 Å². The zero-order valence-corrected chi connectivity index (χ0v) is 18.8. The van der Waals surface area contributed by atoms with Crippen LogP contribution in [0.25, 0.3) is 0 Å². The number of likely N-dealkylation sites (tertiary alicyclic amines) is 1. The number of nitrogens with one attached hydrogen (secondary N) is 2. The van der Waals surface area contributed by atoms with E-state index in [1.54, 1.807) is 24.3 Å². The molecule has 5 nitrogen and oxygen atoms in total. The van der Waals surface area contributed by atoms with Crippen molar-refractivity contribution in [1.82, 2.24) is 10.2 Å². The molecule has 1 aliphatic rings. The molecule has 1 aromatic heterocycles. The van der Waals surface area contributed by atoms with Crippen molar-refractivity contribution in [3.63, 3.8) is 0 Å². The minimum atomic E-state index is -1.27. The monoisotopic (exact) mass is 475 g/mol. The second kappa shape index (κ2) is 9.54. The van der Waals surface area contributed by atoms with Gasteiger partial charge in [0.1, 0.15) is 11.4 Å². The third-order valence-electron chi connectivity index (χ3n) is 5.55. The van der Waals surface area contributed by atoms with Gasteiger partial charge in [0.25, 0.3) is 5.91 Å². The minimum absolute atomic E-state index is 0.0508. The Kier molecular flexibility index (Phi) is 6.73. The van der Waals surface area contributed by atoms with Gasteiger partial charge in [0.05, 0.1) is 30.0 Å². The average molecular weight is 476 g/mol. The van der Waals surface area contributed by atoms with Crippen LogP contribution in [0.4, 0.5) is 24.5 Å². The van der Waals surface area contributed by atoms with Crippen LogP contribution in [0.1, 0.15) is 20.8 Å². The number of carbonyl (C=O) groups excluding carboxylic acids is 1. The number of halogens is 3. The molecule has 0 radical (unpaired) electrons. The molecule has 174 valence electrons. The van der Waals surface area contributed by atoms with Gasteiger partial charge in [0.2, 0.25) is 0 Å². The van der Waals surface area contributed by atoms with Gasteiger partial charge in [-0.1, -0.05) is 12.1 Å². The molecule has 9 heteroatoms. The molecule has 1 fully saturated rings. The average Bonchev–Trinajstić information content (AvgIpc) is 3.27. The SMILES string of the molecule is Cc1ccc(Nc2c(C(=O)N3CC(O)(CNCCc4cccs4)C3)ccc(F)c2F)c(F)c1.